The van der Waals surface area contributed by atoms with Gasteiger partial charge in [0.05, 0.1) is 11.0 Å². The number of aromatic nitrogens is 2. The molecule has 1 unspecified atom stereocenters. The Morgan fingerprint density at radius 2 is 2.14 bits per heavy atom. The van der Waals surface area contributed by atoms with Crippen LogP contribution >= 0.6 is 0 Å². The van der Waals surface area contributed by atoms with Crippen LogP contribution in [0.25, 0.3) is 0 Å². The van der Waals surface area contributed by atoms with Crippen LogP contribution in [0.5, 0.6) is 5.75 Å². The predicted molar refractivity (Wildman–Crippen MR) is 71.7 cm³/mol. The van der Waals surface area contributed by atoms with E-state index in [1.54, 1.807) is 0 Å². The molecule has 0 saturated carbocycles. The van der Waals surface area contributed by atoms with Crippen molar-refractivity contribution in [1.29, 1.82) is 0 Å². The molecule has 0 saturated heterocycles. The van der Waals surface area contributed by atoms with E-state index < -0.39 is 11.0 Å². The van der Waals surface area contributed by atoms with Crippen molar-refractivity contribution in [3.63, 3.8) is 0 Å². The highest BCUT2D eigenvalue weighted by Gasteiger charge is 2.16. The Kier molecular flexibility index (Phi) is 4.49. The molecule has 0 aliphatic rings. The third kappa shape index (κ3) is 3.54. The topological polar surface area (TPSA) is 112 Å². The maximum Gasteiger partial charge on any atom is 0.270 e. The number of nitrogens with zero attached hydrogens (tertiary/aromatic N) is 3. The summed E-state index contributed by atoms with van der Waals surface area (Å²) in [6, 6.07) is 4.04. The Labute approximate surface area is 120 Å². The molecule has 0 aliphatic heterocycles. The first-order valence-electron chi connectivity index (χ1n) is 6.41. The van der Waals surface area contributed by atoms with Crippen molar-refractivity contribution in [2.75, 3.05) is 0 Å². The third-order valence-electron chi connectivity index (χ3n) is 2.82. The third-order valence-corrected chi connectivity index (χ3v) is 2.82. The molecule has 21 heavy (non-hydrogen) atoms. The van der Waals surface area contributed by atoms with Crippen molar-refractivity contribution in [2.24, 2.45) is 0 Å². The van der Waals surface area contributed by atoms with Crippen molar-refractivity contribution < 1.29 is 19.2 Å². The average Bonchev–Trinajstić information content (AvgIpc) is 2.92. The van der Waals surface area contributed by atoms with Gasteiger partial charge >= 0.3 is 0 Å². The smallest absolute Gasteiger partial charge is 0.270 e. The summed E-state index contributed by atoms with van der Waals surface area (Å²) in [5.74, 6) is 1.15. The number of hydrogen-bond acceptors (Lipinski definition) is 7. The second kappa shape index (κ2) is 6.31. The molecule has 0 radical (unpaired) electrons. The van der Waals surface area contributed by atoms with Crippen LogP contribution < -0.4 is 4.74 Å². The fraction of sp³-hybridized carbons (Fsp3) is 0.385. The van der Waals surface area contributed by atoms with E-state index in [1.807, 2.05) is 6.92 Å². The van der Waals surface area contributed by atoms with Crippen LogP contribution in [-0.4, -0.2) is 20.2 Å². The first-order chi connectivity index (χ1) is 10.0. The number of non-ortho nitro benzene ring substituents is 1. The van der Waals surface area contributed by atoms with Crippen molar-refractivity contribution in [3.8, 4) is 5.75 Å². The molecule has 1 aromatic carbocycles. The molecule has 0 spiro atoms. The Bertz CT molecular complexity index is 638. The molecule has 112 valence electrons. The Balaban J connectivity index is 2.17. The first kappa shape index (κ1) is 14.9. The van der Waals surface area contributed by atoms with Gasteiger partial charge in [0.2, 0.25) is 5.89 Å². The van der Waals surface area contributed by atoms with Crippen molar-refractivity contribution in [1.82, 2.24) is 10.2 Å². The van der Waals surface area contributed by atoms with E-state index in [-0.39, 0.29) is 12.3 Å². The van der Waals surface area contributed by atoms with Gasteiger partial charge in [0, 0.05) is 24.1 Å². The lowest BCUT2D eigenvalue weighted by molar-refractivity contribution is -0.385. The van der Waals surface area contributed by atoms with E-state index >= 15 is 0 Å². The molecule has 1 heterocycles. The zero-order valence-electron chi connectivity index (χ0n) is 11.6. The van der Waals surface area contributed by atoms with Crippen LogP contribution in [0.15, 0.2) is 22.6 Å². The predicted octanol–water partition coefficient (Wildman–Crippen LogP) is 2.17. The molecule has 0 aliphatic carbocycles. The lowest BCUT2D eigenvalue weighted by Crippen LogP contribution is -2.02. The summed E-state index contributed by atoms with van der Waals surface area (Å²) in [6.45, 7) is 3.43. The highest BCUT2D eigenvalue weighted by Crippen LogP contribution is 2.29. The van der Waals surface area contributed by atoms with Gasteiger partial charge in [0.1, 0.15) is 5.75 Å². The number of hydrogen-bond donors (Lipinski definition) is 1. The van der Waals surface area contributed by atoms with Crippen LogP contribution in [0.4, 0.5) is 5.69 Å². The zero-order valence-corrected chi connectivity index (χ0v) is 11.6. The van der Waals surface area contributed by atoms with Gasteiger partial charge < -0.3 is 14.3 Å². The average molecular weight is 293 g/mol. The molecule has 8 heteroatoms. The minimum absolute atomic E-state index is 0.0323. The van der Waals surface area contributed by atoms with Gasteiger partial charge in [-0.15, -0.1) is 10.2 Å². The molecule has 8 nitrogen and oxygen atoms in total. The van der Waals surface area contributed by atoms with Gasteiger partial charge in [-0.3, -0.25) is 10.1 Å². The van der Waals surface area contributed by atoms with Gasteiger partial charge in [0.25, 0.3) is 11.6 Å². The largest absolute Gasteiger partial charge is 0.483 e. The molecule has 1 atom stereocenters. The number of nitro benzene ring substituents is 1. The summed E-state index contributed by atoms with van der Waals surface area (Å²) in [7, 11) is 0. The minimum atomic E-state index is -0.895. The van der Waals surface area contributed by atoms with Gasteiger partial charge in [-0.1, -0.05) is 6.92 Å². The number of aliphatic hydroxyl groups is 1. The number of benzene rings is 1. The van der Waals surface area contributed by atoms with Crippen molar-refractivity contribution in [3.05, 3.63) is 45.7 Å². The summed E-state index contributed by atoms with van der Waals surface area (Å²) in [4.78, 5) is 10.2. The number of ether oxygens (including phenoxy) is 1. The van der Waals surface area contributed by atoms with Gasteiger partial charge in [0.15, 0.2) is 6.61 Å². The van der Waals surface area contributed by atoms with E-state index in [0.29, 0.717) is 29.5 Å². The number of rotatable bonds is 6. The quantitative estimate of drug-likeness (QED) is 0.641. The van der Waals surface area contributed by atoms with E-state index in [2.05, 4.69) is 10.2 Å². The highest BCUT2D eigenvalue weighted by molar-refractivity contribution is 5.44. The molecule has 2 rings (SSSR count). The lowest BCUT2D eigenvalue weighted by atomic mass is 10.1. The molecule has 1 N–H and O–H groups in total. The molecular weight excluding hydrogens is 278 g/mol. The molecular formula is C13H15N3O5. The summed E-state index contributed by atoms with van der Waals surface area (Å²) < 4.78 is 10.8. The Morgan fingerprint density at radius 1 is 1.43 bits per heavy atom. The minimum Gasteiger partial charge on any atom is -0.483 e. The lowest BCUT2D eigenvalue weighted by Gasteiger charge is -2.12. The van der Waals surface area contributed by atoms with Crippen molar-refractivity contribution >= 4 is 5.69 Å². The SMILES string of the molecule is CCc1nnc(COc2ccc([N+](=O)[O-])cc2C(C)O)o1. The van der Waals surface area contributed by atoms with E-state index in [1.165, 1.54) is 25.1 Å². The first-order valence-corrected chi connectivity index (χ1v) is 6.41. The van der Waals surface area contributed by atoms with Crippen LogP contribution in [0.2, 0.25) is 0 Å². The van der Waals surface area contributed by atoms with Gasteiger partial charge in [-0.25, -0.2) is 0 Å². The van der Waals surface area contributed by atoms with E-state index in [4.69, 9.17) is 9.15 Å². The number of aryl methyl sites for hydroxylation is 1. The maximum atomic E-state index is 10.8. The van der Waals surface area contributed by atoms with Crippen LogP contribution in [0.3, 0.4) is 0 Å². The van der Waals surface area contributed by atoms with E-state index in [9.17, 15) is 15.2 Å². The van der Waals surface area contributed by atoms with Crippen LogP contribution in [-0.2, 0) is 13.0 Å². The second-order valence-electron chi connectivity index (χ2n) is 4.39. The number of aliphatic hydroxyl groups excluding tert-OH is 1. The van der Waals surface area contributed by atoms with Crippen LogP contribution in [0.1, 0.15) is 37.3 Å². The van der Waals surface area contributed by atoms with Crippen molar-refractivity contribution in [2.45, 2.75) is 33.0 Å². The fourth-order valence-electron chi connectivity index (χ4n) is 1.74. The van der Waals surface area contributed by atoms with Gasteiger partial charge in [-0.2, -0.15) is 0 Å². The fourth-order valence-corrected chi connectivity index (χ4v) is 1.74. The normalized spacial score (nSPS) is 12.1. The molecule has 0 bridgehead atoms. The van der Waals surface area contributed by atoms with E-state index in [0.717, 1.165) is 0 Å². The Morgan fingerprint density at radius 3 is 2.71 bits per heavy atom. The summed E-state index contributed by atoms with van der Waals surface area (Å²) in [6.07, 6.45) is -0.266. The standard InChI is InChI=1S/C13H15N3O5/c1-3-12-14-15-13(21-12)7-20-11-5-4-9(16(18)19)6-10(11)8(2)17/h4-6,8,17H,3,7H2,1-2H3. The second-order valence-corrected chi connectivity index (χ2v) is 4.39. The number of nitro groups is 1. The van der Waals surface area contributed by atoms with Gasteiger partial charge in [-0.05, 0) is 13.0 Å². The summed E-state index contributed by atoms with van der Waals surface area (Å²) >= 11 is 0. The summed E-state index contributed by atoms with van der Waals surface area (Å²) in [5.41, 5.74) is 0.226. The molecule has 1 aromatic heterocycles. The monoisotopic (exact) mass is 293 g/mol. The van der Waals surface area contributed by atoms with Crippen LogP contribution in [0, 0.1) is 10.1 Å². The molecule has 0 amide bonds. The maximum absolute atomic E-state index is 10.8. The molecule has 2 aromatic rings. The summed E-state index contributed by atoms with van der Waals surface area (Å²) in [5, 5.41) is 28.1. The highest BCUT2D eigenvalue weighted by atomic mass is 16.6. The Hall–Kier alpha value is -2.48. The zero-order chi connectivity index (χ0) is 15.4. The molecule has 0 fully saturated rings.